The smallest absolute Gasteiger partial charge is 0.167 e. The number of nitrogens with zero attached hydrogens (tertiary/aromatic N) is 1. The molecule has 1 heterocycles. The Morgan fingerprint density at radius 1 is 1.35 bits per heavy atom. The lowest BCUT2D eigenvalue weighted by Crippen LogP contribution is -2.07. The summed E-state index contributed by atoms with van der Waals surface area (Å²) in [7, 11) is 1.59. The fourth-order valence-electron chi connectivity index (χ4n) is 1.92. The molecule has 0 aliphatic carbocycles. The van der Waals surface area contributed by atoms with Gasteiger partial charge in [-0.1, -0.05) is 15.9 Å². The Bertz CT molecular complexity index is 629. The molecule has 2 N–H and O–H groups in total. The molecule has 0 atom stereocenters. The van der Waals surface area contributed by atoms with Crippen molar-refractivity contribution in [2.45, 2.75) is 13.0 Å². The minimum Gasteiger partial charge on any atom is -0.496 e. The first-order valence-electron chi connectivity index (χ1n) is 6.14. The van der Waals surface area contributed by atoms with Crippen molar-refractivity contribution >= 4 is 21.7 Å². The van der Waals surface area contributed by atoms with Crippen LogP contribution in [0.15, 0.2) is 41.0 Å². The molecule has 0 unspecified atom stereocenters. The second kappa shape index (κ2) is 6.63. The van der Waals surface area contributed by atoms with E-state index in [0.29, 0.717) is 23.6 Å². The molecule has 0 fully saturated rings. The van der Waals surface area contributed by atoms with Crippen LogP contribution in [0, 0.1) is 0 Å². The van der Waals surface area contributed by atoms with E-state index in [1.807, 2.05) is 18.2 Å². The number of carbonyl (C=O) groups is 1. The lowest BCUT2D eigenvalue weighted by Gasteiger charge is -2.09. The second-order valence-corrected chi connectivity index (χ2v) is 5.21. The Balaban J connectivity index is 2.25. The summed E-state index contributed by atoms with van der Waals surface area (Å²) < 4.78 is 6.19. The Kier molecular flexibility index (Phi) is 4.87. The first kappa shape index (κ1) is 14.7. The lowest BCUT2D eigenvalue weighted by molar-refractivity contribution is 0.0992. The molecule has 2 aromatic rings. The van der Waals surface area contributed by atoms with Gasteiger partial charge in [-0.2, -0.15) is 0 Å². The van der Waals surface area contributed by atoms with Gasteiger partial charge in [0.25, 0.3) is 0 Å². The summed E-state index contributed by atoms with van der Waals surface area (Å²) in [6.45, 7) is 0.321. The van der Waals surface area contributed by atoms with Gasteiger partial charge in [-0.05, 0) is 30.3 Å². The van der Waals surface area contributed by atoms with Gasteiger partial charge in [-0.3, -0.25) is 9.78 Å². The van der Waals surface area contributed by atoms with E-state index in [2.05, 4.69) is 20.9 Å². The van der Waals surface area contributed by atoms with Crippen molar-refractivity contribution in [1.82, 2.24) is 4.98 Å². The van der Waals surface area contributed by atoms with E-state index in [4.69, 9.17) is 10.5 Å². The highest BCUT2D eigenvalue weighted by molar-refractivity contribution is 9.10. The number of Topliss-reactive ketones (excluding diaryl/α,β-unsaturated/α-hetero) is 1. The van der Waals surface area contributed by atoms with Gasteiger partial charge in [0.15, 0.2) is 5.78 Å². The maximum atomic E-state index is 12.3. The molecule has 0 bridgehead atoms. The zero-order valence-corrected chi connectivity index (χ0v) is 12.7. The molecule has 0 radical (unpaired) electrons. The van der Waals surface area contributed by atoms with Crippen molar-refractivity contribution < 1.29 is 9.53 Å². The number of halogens is 1. The number of carbonyl (C=O) groups excluding carboxylic acids is 1. The summed E-state index contributed by atoms with van der Waals surface area (Å²) in [5, 5.41) is 0. The predicted octanol–water partition coefficient (Wildman–Crippen LogP) is 2.74. The zero-order chi connectivity index (χ0) is 14.5. The molecule has 0 aliphatic rings. The number of methoxy groups -OCH3 is 1. The Hall–Kier alpha value is -1.72. The first-order valence-corrected chi connectivity index (χ1v) is 6.94. The van der Waals surface area contributed by atoms with Crippen molar-refractivity contribution in [3.8, 4) is 5.75 Å². The van der Waals surface area contributed by atoms with Gasteiger partial charge in [0.05, 0.1) is 12.8 Å². The van der Waals surface area contributed by atoms with Gasteiger partial charge in [-0.25, -0.2) is 0 Å². The van der Waals surface area contributed by atoms with E-state index < -0.39 is 0 Å². The van der Waals surface area contributed by atoms with Gasteiger partial charge < -0.3 is 10.5 Å². The van der Waals surface area contributed by atoms with Crippen LogP contribution in [-0.4, -0.2) is 17.9 Å². The number of pyridine rings is 1. The van der Waals surface area contributed by atoms with Gasteiger partial charge in [0, 0.05) is 34.8 Å². The minimum absolute atomic E-state index is 0.0125. The van der Waals surface area contributed by atoms with Crippen molar-refractivity contribution in [1.29, 1.82) is 0 Å². The van der Waals surface area contributed by atoms with Crippen molar-refractivity contribution in [3.05, 3.63) is 57.8 Å². The zero-order valence-electron chi connectivity index (χ0n) is 11.1. The number of hydrogen-bond donors (Lipinski definition) is 1. The molecule has 0 amide bonds. The monoisotopic (exact) mass is 334 g/mol. The minimum atomic E-state index is 0.0125. The topological polar surface area (TPSA) is 65.2 Å². The molecule has 1 aromatic heterocycles. The SMILES string of the molecule is COc1ccc(Br)cc1CC(=O)c1ccnc(CN)c1. The molecule has 0 saturated carbocycles. The lowest BCUT2D eigenvalue weighted by atomic mass is 10.0. The van der Waals surface area contributed by atoms with Crippen LogP contribution in [0.5, 0.6) is 5.75 Å². The van der Waals surface area contributed by atoms with Gasteiger partial charge in [-0.15, -0.1) is 0 Å². The van der Waals surface area contributed by atoms with E-state index in [1.54, 1.807) is 25.4 Å². The number of ether oxygens (including phenoxy) is 1. The van der Waals surface area contributed by atoms with Gasteiger partial charge in [0.2, 0.25) is 0 Å². The molecular weight excluding hydrogens is 320 g/mol. The van der Waals surface area contributed by atoms with Crippen LogP contribution in [0.3, 0.4) is 0 Å². The van der Waals surface area contributed by atoms with Crippen molar-refractivity contribution in [2.24, 2.45) is 5.73 Å². The summed E-state index contributed by atoms with van der Waals surface area (Å²) >= 11 is 3.40. The third-order valence-corrected chi connectivity index (χ3v) is 3.43. The van der Waals surface area contributed by atoms with Crippen LogP contribution >= 0.6 is 15.9 Å². The van der Waals surface area contributed by atoms with Gasteiger partial charge in [0.1, 0.15) is 5.75 Å². The van der Waals surface area contributed by atoms with Crippen LogP contribution in [0.4, 0.5) is 0 Å². The number of nitrogens with two attached hydrogens (primary N) is 1. The van der Waals surface area contributed by atoms with Gasteiger partial charge >= 0.3 is 0 Å². The normalized spacial score (nSPS) is 10.3. The Morgan fingerprint density at radius 3 is 2.85 bits per heavy atom. The molecule has 0 spiro atoms. The average Bonchev–Trinajstić information content (AvgIpc) is 2.47. The maximum Gasteiger partial charge on any atom is 0.167 e. The van der Waals surface area contributed by atoms with E-state index in [9.17, 15) is 4.79 Å². The Labute approximate surface area is 126 Å². The molecule has 1 aromatic carbocycles. The van der Waals surface area contributed by atoms with Crippen LogP contribution in [0.25, 0.3) is 0 Å². The second-order valence-electron chi connectivity index (χ2n) is 4.30. The largest absolute Gasteiger partial charge is 0.496 e. The number of hydrogen-bond acceptors (Lipinski definition) is 4. The summed E-state index contributed by atoms with van der Waals surface area (Å²) in [5.74, 6) is 0.716. The van der Waals surface area contributed by atoms with E-state index in [0.717, 1.165) is 10.0 Å². The van der Waals surface area contributed by atoms with Crippen molar-refractivity contribution in [2.75, 3.05) is 7.11 Å². The van der Waals surface area contributed by atoms with Crippen LogP contribution in [0.1, 0.15) is 21.6 Å². The van der Waals surface area contributed by atoms with E-state index in [1.165, 1.54) is 0 Å². The van der Waals surface area contributed by atoms with Crippen LogP contribution in [0.2, 0.25) is 0 Å². The molecule has 0 aliphatic heterocycles. The number of ketones is 1. The number of rotatable bonds is 5. The molecule has 104 valence electrons. The molecular formula is C15H15BrN2O2. The third-order valence-electron chi connectivity index (χ3n) is 2.94. The van der Waals surface area contributed by atoms with Crippen LogP contribution in [-0.2, 0) is 13.0 Å². The Morgan fingerprint density at radius 2 is 2.15 bits per heavy atom. The predicted molar refractivity (Wildman–Crippen MR) is 80.9 cm³/mol. The highest BCUT2D eigenvalue weighted by Crippen LogP contribution is 2.24. The number of aromatic nitrogens is 1. The van der Waals surface area contributed by atoms with Crippen LogP contribution < -0.4 is 10.5 Å². The standard InChI is InChI=1S/C15H15BrN2O2/c1-20-15-3-2-12(16)6-11(15)8-14(19)10-4-5-18-13(7-10)9-17/h2-7H,8-9,17H2,1H3. The quantitative estimate of drug-likeness (QED) is 0.854. The molecule has 20 heavy (non-hydrogen) atoms. The highest BCUT2D eigenvalue weighted by atomic mass is 79.9. The molecule has 2 rings (SSSR count). The fraction of sp³-hybridized carbons (Fsp3) is 0.200. The third kappa shape index (κ3) is 3.43. The van der Waals surface area contributed by atoms with Crippen molar-refractivity contribution in [3.63, 3.8) is 0 Å². The summed E-state index contributed by atoms with van der Waals surface area (Å²) in [6, 6.07) is 9.04. The van der Waals surface area contributed by atoms with E-state index in [-0.39, 0.29) is 12.2 Å². The maximum absolute atomic E-state index is 12.3. The summed E-state index contributed by atoms with van der Waals surface area (Å²) in [6.07, 6.45) is 1.88. The average molecular weight is 335 g/mol. The first-order chi connectivity index (χ1) is 9.63. The molecule has 0 saturated heterocycles. The highest BCUT2D eigenvalue weighted by Gasteiger charge is 2.12. The van der Waals surface area contributed by atoms with E-state index >= 15 is 0 Å². The fourth-order valence-corrected chi connectivity index (χ4v) is 2.33. The molecule has 5 heteroatoms. The summed E-state index contributed by atoms with van der Waals surface area (Å²) in [4.78, 5) is 16.4. The molecule has 4 nitrogen and oxygen atoms in total. The number of benzene rings is 1. The summed E-state index contributed by atoms with van der Waals surface area (Å²) in [5.41, 5.74) is 7.70.